The zero-order valence-corrected chi connectivity index (χ0v) is 17.8. The van der Waals surface area contributed by atoms with Gasteiger partial charge in [0.15, 0.2) is 0 Å². The number of para-hydroxylation sites is 2. The molecule has 5 heteroatoms. The van der Waals surface area contributed by atoms with Gasteiger partial charge in [0, 0.05) is 17.8 Å². The molecule has 1 heterocycles. The number of hydrogen-bond acceptors (Lipinski definition) is 4. The molecule has 32 heavy (non-hydrogen) atoms. The summed E-state index contributed by atoms with van der Waals surface area (Å²) in [6.07, 6.45) is 2.36. The van der Waals surface area contributed by atoms with Gasteiger partial charge in [-0.2, -0.15) is 0 Å². The Labute approximate surface area is 187 Å². The van der Waals surface area contributed by atoms with Crippen LogP contribution in [0.4, 0.5) is 5.69 Å². The molecule has 162 valence electrons. The van der Waals surface area contributed by atoms with Crippen LogP contribution in [0.15, 0.2) is 102 Å². The molecule has 0 atom stereocenters. The number of hydrogen-bond donors (Lipinski definition) is 2. The Balaban J connectivity index is 1.47. The Bertz CT molecular complexity index is 1140. The van der Waals surface area contributed by atoms with Gasteiger partial charge >= 0.3 is 0 Å². The molecule has 4 aromatic rings. The van der Waals surface area contributed by atoms with Gasteiger partial charge < -0.3 is 14.8 Å². The number of carbonyl (C=O) groups is 1. The zero-order valence-electron chi connectivity index (χ0n) is 17.8. The highest BCUT2D eigenvalue weighted by atomic mass is 16.3. The van der Waals surface area contributed by atoms with Gasteiger partial charge in [-0.25, -0.2) is 0 Å². The second-order valence-corrected chi connectivity index (χ2v) is 7.72. The first-order valence-corrected chi connectivity index (χ1v) is 10.6. The third kappa shape index (κ3) is 5.86. The lowest BCUT2D eigenvalue weighted by molar-refractivity contribution is -0.117. The van der Waals surface area contributed by atoms with E-state index in [1.165, 1.54) is 5.56 Å². The molecule has 4 rings (SSSR count). The molecule has 0 bridgehead atoms. The first-order chi connectivity index (χ1) is 15.7. The van der Waals surface area contributed by atoms with Crippen LogP contribution in [0.3, 0.4) is 0 Å². The van der Waals surface area contributed by atoms with Gasteiger partial charge in [0.25, 0.3) is 0 Å². The normalized spacial score (nSPS) is 10.9. The van der Waals surface area contributed by atoms with Crippen LogP contribution in [-0.2, 0) is 24.3 Å². The van der Waals surface area contributed by atoms with Crippen molar-refractivity contribution in [2.75, 3.05) is 11.9 Å². The molecule has 1 aromatic heterocycles. The molecule has 5 nitrogen and oxygen atoms in total. The summed E-state index contributed by atoms with van der Waals surface area (Å²) in [6.45, 7) is 1.04. The molecule has 0 saturated heterocycles. The van der Waals surface area contributed by atoms with Crippen molar-refractivity contribution >= 4 is 11.6 Å². The summed E-state index contributed by atoms with van der Waals surface area (Å²) in [5.74, 6) is 0.857. The van der Waals surface area contributed by atoms with Crippen molar-refractivity contribution in [3.8, 4) is 5.75 Å². The monoisotopic (exact) mass is 426 g/mol. The van der Waals surface area contributed by atoms with Gasteiger partial charge in [-0.05, 0) is 41.8 Å². The van der Waals surface area contributed by atoms with Crippen LogP contribution in [0.2, 0.25) is 0 Å². The fourth-order valence-electron chi connectivity index (χ4n) is 3.68. The SMILES string of the molecule is O=C(CN(Cc1ccco1)Cc1ccccc1O)Nc1ccccc1Cc1ccccc1. The number of phenolic OH excluding ortho intramolecular Hbond substituents is 1. The average molecular weight is 427 g/mol. The van der Waals surface area contributed by atoms with Crippen LogP contribution in [0.25, 0.3) is 0 Å². The molecule has 0 radical (unpaired) electrons. The van der Waals surface area contributed by atoms with Crippen LogP contribution in [0.1, 0.15) is 22.5 Å². The minimum Gasteiger partial charge on any atom is -0.508 e. The molecule has 3 aromatic carbocycles. The number of nitrogens with one attached hydrogen (secondary N) is 1. The molecule has 0 aliphatic carbocycles. The highest BCUT2D eigenvalue weighted by Crippen LogP contribution is 2.21. The van der Waals surface area contributed by atoms with Gasteiger partial charge in [0.05, 0.1) is 19.4 Å². The molecule has 0 unspecified atom stereocenters. The van der Waals surface area contributed by atoms with Crippen LogP contribution in [0, 0.1) is 0 Å². The Morgan fingerprint density at radius 3 is 2.28 bits per heavy atom. The average Bonchev–Trinajstić information content (AvgIpc) is 3.30. The van der Waals surface area contributed by atoms with Crippen LogP contribution < -0.4 is 5.32 Å². The summed E-state index contributed by atoms with van der Waals surface area (Å²) in [4.78, 5) is 14.9. The second kappa shape index (κ2) is 10.5. The van der Waals surface area contributed by atoms with E-state index in [2.05, 4.69) is 17.4 Å². The number of nitrogens with zero attached hydrogens (tertiary/aromatic N) is 1. The van der Waals surface area contributed by atoms with Crippen molar-refractivity contribution in [3.05, 3.63) is 120 Å². The maximum atomic E-state index is 13.0. The highest BCUT2D eigenvalue weighted by Gasteiger charge is 2.16. The number of aromatic hydroxyl groups is 1. The van der Waals surface area contributed by atoms with Crippen molar-refractivity contribution in [1.29, 1.82) is 0 Å². The summed E-state index contributed by atoms with van der Waals surface area (Å²) in [6, 6.07) is 28.9. The van der Waals surface area contributed by atoms with Gasteiger partial charge in [-0.15, -0.1) is 0 Å². The third-order valence-corrected chi connectivity index (χ3v) is 5.24. The van der Waals surface area contributed by atoms with Crippen molar-refractivity contribution in [1.82, 2.24) is 4.90 Å². The van der Waals surface area contributed by atoms with Gasteiger partial charge in [0.1, 0.15) is 11.5 Å². The fourth-order valence-corrected chi connectivity index (χ4v) is 3.68. The predicted molar refractivity (Wildman–Crippen MR) is 125 cm³/mol. The maximum absolute atomic E-state index is 13.0. The Hall–Kier alpha value is -3.83. The van der Waals surface area contributed by atoms with Gasteiger partial charge in [0.2, 0.25) is 5.91 Å². The van der Waals surface area contributed by atoms with E-state index in [1.54, 1.807) is 18.4 Å². The quantitative estimate of drug-likeness (QED) is 0.385. The van der Waals surface area contributed by atoms with Gasteiger partial charge in [-0.1, -0.05) is 66.7 Å². The lowest BCUT2D eigenvalue weighted by atomic mass is 10.0. The highest BCUT2D eigenvalue weighted by molar-refractivity contribution is 5.93. The second-order valence-electron chi connectivity index (χ2n) is 7.72. The summed E-state index contributed by atoms with van der Waals surface area (Å²) in [5.41, 5.74) is 3.82. The molecule has 0 saturated carbocycles. The van der Waals surface area contributed by atoms with E-state index in [-0.39, 0.29) is 18.2 Å². The lowest BCUT2D eigenvalue weighted by Crippen LogP contribution is -2.32. The topological polar surface area (TPSA) is 65.7 Å². The standard InChI is InChI=1S/C27H26N2O3/c30-26-15-7-5-12-23(26)18-29(19-24-13-8-16-32-24)20-27(31)28-25-14-6-4-11-22(25)17-21-9-2-1-3-10-21/h1-16,30H,17-20H2,(H,28,31). The summed E-state index contributed by atoms with van der Waals surface area (Å²) in [7, 11) is 0. The third-order valence-electron chi connectivity index (χ3n) is 5.24. The van der Waals surface area contributed by atoms with E-state index in [9.17, 15) is 9.90 Å². The number of benzene rings is 3. The smallest absolute Gasteiger partial charge is 0.238 e. The van der Waals surface area contributed by atoms with Crippen LogP contribution >= 0.6 is 0 Å². The van der Waals surface area contributed by atoms with Crippen molar-refractivity contribution in [2.24, 2.45) is 0 Å². The lowest BCUT2D eigenvalue weighted by Gasteiger charge is -2.22. The molecule has 0 aliphatic rings. The van der Waals surface area contributed by atoms with E-state index in [4.69, 9.17) is 4.42 Å². The minimum absolute atomic E-state index is 0.118. The number of furan rings is 1. The van der Waals surface area contributed by atoms with E-state index < -0.39 is 0 Å². The summed E-state index contributed by atoms with van der Waals surface area (Å²) in [5, 5.41) is 13.2. The van der Waals surface area contributed by atoms with Crippen molar-refractivity contribution in [3.63, 3.8) is 0 Å². The van der Waals surface area contributed by atoms with Crippen LogP contribution in [-0.4, -0.2) is 22.5 Å². The van der Waals surface area contributed by atoms with Crippen molar-refractivity contribution in [2.45, 2.75) is 19.5 Å². The Morgan fingerprint density at radius 1 is 0.812 bits per heavy atom. The number of carbonyl (C=O) groups excluding carboxylic acids is 1. The zero-order chi connectivity index (χ0) is 22.2. The fraction of sp³-hybridized carbons (Fsp3) is 0.148. The Morgan fingerprint density at radius 2 is 1.53 bits per heavy atom. The van der Waals surface area contributed by atoms with E-state index >= 15 is 0 Å². The first kappa shape index (κ1) is 21.4. The van der Waals surface area contributed by atoms with E-state index in [1.807, 2.05) is 71.6 Å². The number of anilines is 1. The minimum atomic E-state index is -0.118. The van der Waals surface area contributed by atoms with Crippen LogP contribution in [0.5, 0.6) is 5.75 Å². The summed E-state index contributed by atoms with van der Waals surface area (Å²) < 4.78 is 5.48. The van der Waals surface area contributed by atoms with E-state index in [0.29, 0.717) is 13.1 Å². The number of amides is 1. The number of rotatable bonds is 9. The first-order valence-electron chi connectivity index (χ1n) is 10.6. The molecule has 0 aliphatic heterocycles. The largest absolute Gasteiger partial charge is 0.508 e. The molecule has 0 fully saturated rings. The van der Waals surface area contributed by atoms with E-state index in [0.717, 1.165) is 29.0 Å². The summed E-state index contributed by atoms with van der Waals surface area (Å²) >= 11 is 0. The number of phenols is 1. The molecule has 1 amide bonds. The maximum Gasteiger partial charge on any atom is 0.238 e. The molecule has 2 N–H and O–H groups in total. The molecular weight excluding hydrogens is 400 g/mol. The molecular formula is C27H26N2O3. The molecule has 0 spiro atoms. The Kier molecular flexibility index (Phi) is 7.00. The van der Waals surface area contributed by atoms with Crippen molar-refractivity contribution < 1.29 is 14.3 Å². The van der Waals surface area contributed by atoms with Gasteiger partial charge in [-0.3, -0.25) is 9.69 Å². The predicted octanol–water partition coefficient (Wildman–Crippen LogP) is 5.22.